The summed E-state index contributed by atoms with van der Waals surface area (Å²) >= 11 is 0. The number of nitrogens with one attached hydrogen (secondary N) is 1. The smallest absolute Gasteiger partial charge is 0.126 e. The molecule has 0 saturated carbocycles. The number of benzene rings is 1. The van der Waals surface area contributed by atoms with Crippen molar-refractivity contribution < 1.29 is 13.9 Å². The molecule has 2 unspecified atom stereocenters. The van der Waals surface area contributed by atoms with E-state index in [1.165, 1.54) is 0 Å². The van der Waals surface area contributed by atoms with Crippen LogP contribution in [0, 0.1) is 18.7 Å². The summed E-state index contributed by atoms with van der Waals surface area (Å²) in [7, 11) is 1.69. The topological polar surface area (TPSA) is 30.5 Å². The summed E-state index contributed by atoms with van der Waals surface area (Å²) in [5, 5.41) is 3.36. The SMILES string of the molecule is COCCNCC1CCOC1c1ccc(C)c(F)c1. The van der Waals surface area contributed by atoms with Gasteiger partial charge in [-0.3, -0.25) is 0 Å². The van der Waals surface area contributed by atoms with E-state index in [4.69, 9.17) is 9.47 Å². The van der Waals surface area contributed by atoms with E-state index < -0.39 is 0 Å². The molecule has 19 heavy (non-hydrogen) atoms. The first-order valence-corrected chi connectivity index (χ1v) is 6.79. The van der Waals surface area contributed by atoms with Crippen molar-refractivity contribution in [1.29, 1.82) is 0 Å². The van der Waals surface area contributed by atoms with Crippen molar-refractivity contribution in [3.05, 3.63) is 35.1 Å². The van der Waals surface area contributed by atoms with Crippen LogP contribution < -0.4 is 5.32 Å². The number of halogens is 1. The Kier molecular flexibility index (Phi) is 5.31. The number of rotatable bonds is 6. The van der Waals surface area contributed by atoms with E-state index in [9.17, 15) is 4.39 Å². The van der Waals surface area contributed by atoms with Gasteiger partial charge >= 0.3 is 0 Å². The van der Waals surface area contributed by atoms with E-state index in [-0.39, 0.29) is 11.9 Å². The van der Waals surface area contributed by atoms with Crippen LogP contribution in [-0.2, 0) is 9.47 Å². The third kappa shape index (κ3) is 3.75. The first kappa shape index (κ1) is 14.4. The highest BCUT2D eigenvalue weighted by molar-refractivity contribution is 5.26. The minimum atomic E-state index is -0.154. The van der Waals surface area contributed by atoms with Gasteiger partial charge in [0, 0.05) is 32.7 Å². The Morgan fingerprint density at radius 3 is 3.05 bits per heavy atom. The fourth-order valence-electron chi connectivity index (χ4n) is 2.46. The van der Waals surface area contributed by atoms with Crippen molar-refractivity contribution in [2.24, 2.45) is 5.92 Å². The molecular weight excluding hydrogens is 245 g/mol. The summed E-state index contributed by atoms with van der Waals surface area (Å²) in [4.78, 5) is 0. The summed E-state index contributed by atoms with van der Waals surface area (Å²) in [5.41, 5.74) is 1.62. The molecule has 1 saturated heterocycles. The maximum atomic E-state index is 13.6. The van der Waals surface area contributed by atoms with Gasteiger partial charge in [-0.25, -0.2) is 4.39 Å². The Balaban J connectivity index is 1.95. The lowest BCUT2D eigenvalue weighted by molar-refractivity contribution is 0.0896. The molecule has 3 nitrogen and oxygen atoms in total. The van der Waals surface area contributed by atoms with E-state index >= 15 is 0 Å². The number of methoxy groups -OCH3 is 1. The molecule has 2 atom stereocenters. The van der Waals surface area contributed by atoms with Crippen LogP contribution in [0.25, 0.3) is 0 Å². The molecule has 2 rings (SSSR count). The van der Waals surface area contributed by atoms with Crippen LogP contribution in [0.4, 0.5) is 4.39 Å². The van der Waals surface area contributed by atoms with Gasteiger partial charge in [-0.05, 0) is 30.5 Å². The zero-order chi connectivity index (χ0) is 13.7. The summed E-state index contributed by atoms with van der Waals surface area (Å²) in [6.07, 6.45) is 1.02. The van der Waals surface area contributed by atoms with Crippen LogP contribution >= 0.6 is 0 Å². The lowest BCUT2D eigenvalue weighted by Gasteiger charge is -2.19. The molecule has 0 bridgehead atoms. The van der Waals surface area contributed by atoms with Crippen molar-refractivity contribution in [2.75, 3.05) is 33.4 Å². The van der Waals surface area contributed by atoms with Gasteiger partial charge in [0.05, 0.1) is 12.7 Å². The third-order valence-corrected chi connectivity index (χ3v) is 3.63. The maximum Gasteiger partial charge on any atom is 0.126 e. The van der Waals surface area contributed by atoms with Crippen LogP contribution in [-0.4, -0.2) is 33.4 Å². The lowest BCUT2D eigenvalue weighted by Crippen LogP contribution is -2.27. The first-order chi connectivity index (χ1) is 9.22. The second-order valence-electron chi connectivity index (χ2n) is 5.05. The molecule has 0 aliphatic carbocycles. The van der Waals surface area contributed by atoms with Crippen molar-refractivity contribution in [1.82, 2.24) is 5.32 Å². The number of hydrogen-bond acceptors (Lipinski definition) is 3. The van der Waals surface area contributed by atoms with Crippen LogP contribution in [0.5, 0.6) is 0 Å². The van der Waals surface area contributed by atoms with E-state index in [1.54, 1.807) is 20.1 Å². The molecule has 1 aliphatic rings. The van der Waals surface area contributed by atoms with E-state index in [0.717, 1.165) is 31.7 Å². The maximum absolute atomic E-state index is 13.6. The fraction of sp³-hybridized carbons (Fsp3) is 0.600. The van der Waals surface area contributed by atoms with E-state index in [2.05, 4.69) is 5.32 Å². The van der Waals surface area contributed by atoms with Gasteiger partial charge in [0.2, 0.25) is 0 Å². The fourth-order valence-corrected chi connectivity index (χ4v) is 2.46. The first-order valence-electron chi connectivity index (χ1n) is 6.79. The Morgan fingerprint density at radius 1 is 1.47 bits per heavy atom. The Morgan fingerprint density at radius 2 is 2.32 bits per heavy atom. The molecule has 0 aromatic heterocycles. The molecule has 0 radical (unpaired) electrons. The zero-order valence-corrected chi connectivity index (χ0v) is 11.6. The molecular formula is C15H22FNO2. The Bertz CT molecular complexity index is 411. The highest BCUT2D eigenvalue weighted by Crippen LogP contribution is 2.34. The van der Waals surface area contributed by atoms with Crippen LogP contribution in [0.15, 0.2) is 18.2 Å². The standard InChI is InChI=1S/C15H22FNO2/c1-11-3-4-12(9-14(11)16)15-13(5-7-19-15)10-17-6-8-18-2/h3-4,9,13,15,17H,5-8,10H2,1-2H3. The average molecular weight is 267 g/mol. The van der Waals surface area contributed by atoms with Gasteiger partial charge in [-0.2, -0.15) is 0 Å². The molecule has 1 aliphatic heterocycles. The lowest BCUT2D eigenvalue weighted by atomic mass is 9.94. The number of ether oxygens (including phenoxy) is 2. The number of aryl methyl sites for hydroxylation is 1. The van der Waals surface area contributed by atoms with Crippen molar-refractivity contribution in [3.8, 4) is 0 Å². The van der Waals surface area contributed by atoms with Gasteiger partial charge in [0.1, 0.15) is 5.82 Å². The second kappa shape index (κ2) is 6.98. The highest BCUT2D eigenvalue weighted by Gasteiger charge is 2.29. The van der Waals surface area contributed by atoms with Gasteiger partial charge in [-0.15, -0.1) is 0 Å². The summed E-state index contributed by atoms with van der Waals surface area (Å²) in [6.45, 7) is 4.94. The summed E-state index contributed by atoms with van der Waals surface area (Å²) < 4.78 is 24.4. The van der Waals surface area contributed by atoms with Gasteiger partial charge in [-0.1, -0.05) is 12.1 Å². The molecule has 106 valence electrons. The molecule has 1 aromatic rings. The predicted octanol–water partition coefficient (Wildman–Crippen LogP) is 2.45. The van der Waals surface area contributed by atoms with E-state index in [1.807, 2.05) is 12.1 Å². The molecule has 1 fully saturated rings. The monoisotopic (exact) mass is 267 g/mol. The van der Waals surface area contributed by atoms with Crippen LogP contribution in [0.2, 0.25) is 0 Å². The molecule has 0 amide bonds. The average Bonchev–Trinajstić information content (AvgIpc) is 2.86. The minimum absolute atomic E-state index is 0.00476. The van der Waals surface area contributed by atoms with Gasteiger partial charge in [0.15, 0.2) is 0 Å². The van der Waals surface area contributed by atoms with Gasteiger partial charge < -0.3 is 14.8 Å². The largest absolute Gasteiger partial charge is 0.383 e. The van der Waals surface area contributed by atoms with Gasteiger partial charge in [0.25, 0.3) is 0 Å². The molecule has 1 aromatic carbocycles. The molecule has 1 heterocycles. The quantitative estimate of drug-likeness (QED) is 0.803. The third-order valence-electron chi connectivity index (χ3n) is 3.63. The van der Waals surface area contributed by atoms with Crippen molar-refractivity contribution in [2.45, 2.75) is 19.4 Å². The van der Waals surface area contributed by atoms with Crippen LogP contribution in [0.1, 0.15) is 23.7 Å². The Labute approximate surface area is 114 Å². The molecule has 1 N–H and O–H groups in total. The summed E-state index contributed by atoms with van der Waals surface area (Å²) in [6, 6.07) is 5.39. The van der Waals surface area contributed by atoms with Crippen molar-refractivity contribution >= 4 is 0 Å². The molecule has 0 spiro atoms. The predicted molar refractivity (Wildman–Crippen MR) is 72.7 cm³/mol. The second-order valence-corrected chi connectivity index (χ2v) is 5.05. The highest BCUT2D eigenvalue weighted by atomic mass is 19.1. The number of hydrogen-bond donors (Lipinski definition) is 1. The van der Waals surface area contributed by atoms with Crippen LogP contribution in [0.3, 0.4) is 0 Å². The minimum Gasteiger partial charge on any atom is -0.383 e. The van der Waals surface area contributed by atoms with Crippen molar-refractivity contribution in [3.63, 3.8) is 0 Å². The van der Waals surface area contributed by atoms with E-state index in [0.29, 0.717) is 18.1 Å². The normalized spacial score (nSPS) is 22.9. The Hall–Kier alpha value is -0.970. The molecule has 4 heteroatoms. The zero-order valence-electron chi connectivity index (χ0n) is 11.6. The summed E-state index contributed by atoms with van der Waals surface area (Å²) in [5.74, 6) is 0.248.